The molecular weight excluding hydrogens is 549 g/mol. The fourth-order valence-corrected chi connectivity index (χ4v) is 4.33. The van der Waals surface area contributed by atoms with Crippen molar-refractivity contribution in [3.05, 3.63) is 106 Å². The first-order chi connectivity index (χ1) is 19.2. The van der Waals surface area contributed by atoms with Crippen LogP contribution in [0.2, 0.25) is 10.0 Å². The lowest BCUT2D eigenvalue weighted by atomic mass is 10.0. The molecule has 0 spiro atoms. The number of hydrazone groups is 1. The maximum Gasteiger partial charge on any atom is 0.262 e. The van der Waals surface area contributed by atoms with E-state index in [9.17, 15) is 9.59 Å². The van der Waals surface area contributed by atoms with E-state index in [1.165, 1.54) is 6.21 Å². The highest BCUT2D eigenvalue weighted by atomic mass is 35.5. The Labute approximate surface area is 245 Å². The van der Waals surface area contributed by atoms with E-state index in [0.29, 0.717) is 45.7 Å². The Morgan fingerprint density at radius 1 is 1.02 bits per heavy atom. The predicted octanol–water partition coefficient (Wildman–Crippen LogP) is 6.60. The standard InChI is InChI=1S/C31H33Cl2N3O4/c1-5-10-23-15-21(16-27(39-6-2)29(23)40-19-24-13-14-25(32)17-26(24)33)18-34-36-31(38)28(20(3)4)35-30(37)22-11-8-7-9-12-22/h5,7-9,11-18,20,28H,1,6,10,19H2,2-4H3,(H,35,37)(H,36,38)/b34-18+. The molecule has 2 N–H and O–H groups in total. The minimum atomic E-state index is -0.768. The molecule has 3 aromatic carbocycles. The lowest BCUT2D eigenvalue weighted by Crippen LogP contribution is -2.48. The van der Waals surface area contributed by atoms with Gasteiger partial charge >= 0.3 is 0 Å². The molecule has 210 valence electrons. The number of ether oxygens (including phenoxy) is 2. The van der Waals surface area contributed by atoms with Gasteiger partial charge in [-0.2, -0.15) is 5.10 Å². The number of hydrogen-bond acceptors (Lipinski definition) is 5. The second-order valence-corrected chi connectivity index (χ2v) is 10.1. The number of allylic oxidation sites excluding steroid dienone is 1. The Hall–Kier alpha value is -3.81. The van der Waals surface area contributed by atoms with Gasteiger partial charge in [-0.3, -0.25) is 9.59 Å². The summed E-state index contributed by atoms with van der Waals surface area (Å²) in [6, 6.07) is 16.9. The first-order valence-corrected chi connectivity index (χ1v) is 13.6. The molecule has 0 saturated heterocycles. The summed E-state index contributed by atoms with van der Waals surface area (Å²) in [4.78, 5) is 25.5. The number of halogens is 2. The fourth-order valence-electron chi connectivity index (χ4n) is 3.87. The summed E-state index contributed by atoms with van der Waals surface area (Å²) in [6.45, 7) is 10.1. The molecule has 0 radical (unpaired) electrons. The van der Waals surface area contributed by atoms with Crippen LogP contribution in [0.1, 0.15) is 47.8 Å². The molecule has 3 rings (SSSR count). The average molecular weight is 583 g/mol. The van der Waals surface area contributed by atoms with E-state index < -0.39 is 11.9 Å². The highest BCUT2D eigenvalue weighted by molar-refractivity contribution is 6.35. The van der Waals surface area contributed by atoms with Crippen molar-refractivity contribution in [1.82, 2.24) is 10.7 Å². The van der Waals surface area contributed by atoms with Crippen molar-refractivity contribution in [2.75, 3.05) is 6.61 Å². The molecule has 9 heteroatoms. The highest BCUT2D eigenvalue weighted by Gasteiger charge is 2.24. The molecule has 2 amide bonds. The summed E-state index contributed by atoms with van der Waals surface area (Å²) in [7, 11) is 0. The van der Waals surface area contributed by atoms with Crippen molar-refractivity contribution < 1.29 is 19.1 Å². The molecule has 1 unspecified atom stereocenters. The van der Waals surface area contributed by atoms with Crippen LogP contribution < -0.4 is 20.2 Å². The van der Waals surface area contributed by atoms with Crippen LogP contribution in [0, 0.1) is 5.92 Å². The summed E-state index contributed by atoms with van der Waals surface area (Å²) >= 11 is 12.3. The van der Waals surface area contributed by atoms with E-state index in [2.05, 4.69) is 22.4 Å². The van der Waals surface area contributed by atoms with E-state index in [1.807, 2.05) is 39.0 Å². The molecule has 1 atom stereocenters. The first kappa shape index (κ1) is 30.7. The molecule has 3 aromatic rings. The monoisotopic (exact) mass is 581 g/mol. The Morgan fingerprint density at radius 3 is 2.42 bits per heavy atom. The Kier molecular flexibility index (Phi) is 11.6. The van der Waals surface area contributed by atoms with Crippen molar-refractivity contribution in [2.24, 2.45) is 11.0 Å². The van der Waals surface area contributed by atoms with Gasteiger partial charge in [-0.15, -0.1) is 6.58 Å². The van der Waals surface area contributed by atoms with Crippen molar-refractivity contribution in [3.63, 3.8) is 0 Å². The van der Waals surface area contributed by atoms with E-state index >= 15 is 0 Å². The van der Waals surface area contributed by atoms with Gasteiger partial charge in [-0.05, 0) is 61.2 Å². The Morgan fingerprint density at radius 2 is 1.77 bits per heavy atom. The number of benzene rings is 3. The van der Waals surface area contributed by atoms with Gasteiger partial charge in [-0.25, -0.2) is 5.43 Å². The zero-order valence-electron chi connectivity index (χ0n) is 22.7. The van der Waals surface area contributed by atoms with Crippen molar-refractivity contribution in [2.45, 2.75) is 39.8 Å². The van der Waals surface area contributed by atoms with Gasteiger partial charge in [-0.1, -0.05) is 67.4 Å². The number of nitrogens with one attached hydrogen (secondary N) is 2. The molecule has 0 aliphatic rings. The zero-order chi connectivity index (χ0) is 29.1. The SMILES string of the molecule is C=CCc1cc(/C=N/NC(=O)C(NC(=O)c2ccccc2)C(C)C)cc(OCC)c1OCc1ccc(Cl)cc1Cl. The molecule has 7 nitrogen and oxygen atoms in total. The van der Waals surface area contributed by atoms with Gasteiger partial charge in [0.1, 0.15) is 12.6 Å². The summed E-state index contributed by atoms with van der Waals surface area (Å²) in [5, 5.41) is 7.98. The Bertz CT molecular complexity index is 1360. The largest absolute Gasteiger partial charge is 0.490 e. The lowest BCUT2D eigenvalue weighted by Gasteiger charge is -2.20. The molecule has 0 aliphatic heterocycles. The van der Waals surface area contributed by atoms with Crippen LogP contribution in [-0.4, -0.2) is 30.7 Å². The number of carbonyl (C=O) groups excluding carboxylic acids is 2. The topological polar surface area (TPSA) is 89.0 Å². The van der Waals surface area contributed by atoms with Gasteiger partial charge in [0.05, 0.1) is 12.8 Å². The summed E-state index contributed by atoms with van der Waals surface area (Å²) in [6.07, 6.45) is 3.79. The van der Waals surface area contributed by atoms with E-state index in [1.54, 1.807) is 48.5 Å². The van der Waals surface area contributed by atoms with Gasteiger partial charge < -0.3 is 14.8 Å². The Balaban J connectivity index is 1.77. The molecule has 0 bridgehead atoms. The van der Waals surface area contributed by atoms with Gasteiger partial charge in [0.15, 0.2) is 11.5 Å². The second kappa shape index (κ2) is 15.1. The number of rotatable bonds is 13. The van der Waals surface area contributed by atoms with Gasteiger partial charge in [0.2, 0.25) is 0 Å². The molecule has 0 aliphatic carbocycles. The second-order valence-electron chi connectivity index (χ2n) is 9.25. The van der Waals surface area contributed by atoms with E-state index in [0.717, 1.165) is 11.1 Å². The van der Waals surface area contributed by atoms with Crippen LogP contribution >= 0.6 is 23.2 Å². The maximum atomic E-state index is 12.9. The van der Waals surface area contributed by atoms with Crippen LogP contribution in [0.5, 0.6) is 11.5 Å². The number of nitrogens with zero attached hydrogens (tertiary/aromatic N) is 1. The third kappa shape index (κ3) is 8.60. The minimum Gasteiger partial charge on any atom is -0.490 e. The molecule has 0 fully saturated rings. The molecule has 0 heterocycles. The van der Waals surface area contributed by atoms with Gasteiger partial charge in [0, 0.05) is 26.7 Å². The van der Waals surface area contributed by atoms with Crippen LogP contribution in [0.25, 0.3) is 0 Å². The number of amides is 2. The third-order valence-electron chi connectivity index (χ3n) is 5.87. The number of hydrogen-bond donors (Lipinski definition) is 2. The molecule has 0 aromatic heterocycles. The summed E-state index contributed by atoms with van der Waals surface area (Å²) in [5.74, 6) is 0.181. The van der Waals surface area contributed by atoms with Gasteiger partial charge in [0.25, 0.3) is 11.8 Å². The lowest BCUT2D eigenvalue weighted by molar-refractivity contribution is -0.123. The third-order valence-corrected chi connectivity index (χ3v) is 6.45. The van der Waals surface area contributed by atoms with Crippen LogP contribution in [0.4, 0.5) is 0 Å². The molecular formula is C31H33Cl2N3O4. The van der Waals surface area contributed by atoms with Crippen molar-refractivity contribution in [3.8, 4) is 11.5 Å². The fraction of sp³-hybridized carbons (Fsp3) is 0.258. The first-order valence-electron chi connectivity index (χ1n) is 12.9. The normalized spacial score (nSPS) is 11.8. The van der Waals surface area contributed by atoms with Crippen molar-refractivity contribution in [1.29, 1.82) is 0 Å². The quantitative estimate of drug-likeness (QED) is 0.135. The highest BCUT2D eigenvalue weighted by Crippen LogP contribution is 2.35. The van der Waals surface area contributed by atoms with Crippen molar-refractivity contribution >= 4 is 41.2 Å². The zero-order valence-corrected chi connectivity index (χ0v) is 24.3. The summed E-state index contributed by atoms with van der Waals surface area (Å²) in [5.41, 5.74) is 5.32. The van der Waals surface area contributed by atoms with Crippen LogP contribution in [0.3, 0.4) is 0 Å². The predicted molar refractivity (Wildman–Crippen MR) is 161 cm³/mol. The van der Waals surface area contributed by atoms with E-state index in [-0.39, 0.29) is 18.4 Å². The average Bonchev–Trinajstić information content (AvgIpc) is 2.92. The molecule has 0 saturated carbocycles. The molecule has 40 heavy (non-hydrogen) atoms. The summed E-state index contributed by atoms with van der Waals surface area (Å²) < 4.78 is 12.0. The smallest absolute Gasteiger partial charge is 0.262 e. The maximum absolute atomic E-state index is 12.9. The minimum absolute atomic E-state index is 0.155. The van der Waals surface area contributed by atoms with Crippen LogP contribution in [-0.2, 0) is 17.8 Å². The van der Waals surface area contributed by atoms with Crippen LogP contribution in [0.15, 0.2) is 78.4 Å². The van der Waals surface area contributed by atoms with E-state index in [4.69, 9.17) is 32.7 Å². The number of carbonyl (C=O) groups is 2.